The fourth-order valence-electron chi connectivity index (χ4n) is 3.19. The maximum absolute atomic E-state index is 13.0. The SMILES string of the molecule is Cc1noc(C(C)C)c1C(=O)N1CCN(S(=O)(=O)c2c(Cl)cccc2Cl)CC1. The molecule has 7 nitrogen and oxygen atoms in total. The monoisotopic (exact) mass is 445 g/mol. The molecule has 0 unspecified atom stereocenters. The lowest BCUT2D eigenvalue weighted by molar-refractivity contribution is 0.0694. The number of amides is 1. The second-order valence-electron chi connectivity index (χ2n) is 6.91. The first-order valence-corrected chi connectivity index (χ1v) is 11.0. The molecule has 2 aromatic rings. The first-order valence-electron chi connectivity index (χ1n) is 8.84. The summed E-state index contributed by atoms with van der Waals surface area (Å²) in [6.07, 6.45) is 0. The normalized spacial score (nSPS) is 16.0. The van der Waals surface area contributed by atoms with Crippen LogP contribution in [0.3, 0.4) is 0 Å². The number of benzene rings is 1. The summed E-state index contributed by atoms with van der Waals surface area (Å²) < 4.78 is 32.5. The van der Waals surface area contributed by atoms with E-state index in [0.29, 0.717) is 17.0 Å². The minimum Gasteiger partial charge on any atom is -0.360 e. The molecule has 0 radical (unpaired) electrons. The Morgan fingerprint density at radius 3 is 2.25 bits per heavy atom. The van der Waals surface area contributed by atoms with Crippen LogP contribution in [0, 0.1) is 6.92 Å². The van der Waals surface area contributed by atoms with Crippen LogP contribution >= 0.6 is 23.2 Å². The molecule has 3 rings (SSSR count). The number of hydrogen-bond acceptors (Lipinski definition) is 5. The molecule has 1 saturated heterocycles. The zero-order chi connectivity index (χ0) is 20.6. The average Bonchev–Trinajstić information content (AvgIpc) is 3.02. The van der Waals surface area contributed by atoms with E-state index in [0.717, 1.165) is 0 Å². The van der Waals surface area contributed by atoms with Gasteiger partial charge in [-0.3, -0.25) is 4.79 Å². The predicted molar refractivity (Wildman–Crippen MR) is 106 cm³/mol. The second-order valence-corrected chi connectivity index (χ2v) is 9.60. The molecule has 0 N–H and O–H groups in total. The number of carbonyl (C=O) groups excluding carboxylic acids is 1. The highest BCUT2D eigenvalue weighted by Crippen LogP contribution is 2.32. The van der Waals surface area contributed by atoms with Gasteiger partial charge in [0.1, 0.15) is 10.5 Å². The summed E-state index contributed by atoms with van der Waals surface area (Å²) >= 11 is 12.1. The molecule has 1 fully saturated rings. The van der Waals surface area contributed by atoms with Crippen molar-refractivity contribution in [2.45, 2.75) is 31.6 Å². The molecule has 152 valence electrons. The lowest BCUT2D eigenvalue weighted by Gasteiger charge is -2.34. The number of aromatic nitrogens is 1. The Balaban J connectivity index is 1.78. The quantitative estimate of drug-likeness (QED) is 0.717. The molecular weight excluding hydrogens is 425 g/mol. The highest BCUT2D eigenvalue weighted by Gasteiger charge is 2.34. The van der Waals surface area contributed by atoms with Crippen LogP contribution in [0.15, 0.2) is 27.6 Å². The van der Waals surface area contributed by atoms with Gasteiger partial charge >= 0.3 is 0 Å². The molecule has 0 aliphatic carbocycles. The standard InChI is InChI=1S/C18H21Cl2N3O4S/c1-11(2)16-15(12(3)21-27-16)18(24)22-7-9-23(10-8-22)28(25,26)17-13(19)5-4-6-14(17)20/h4-6,11H,7-10H2,1-3H3. The van der Waals surface area contributed by atoms with E-state index >= 15 is 0 Å². The van der Waals surface area contributed by atoms with Crippen LogP contribution in [0.25, 0.3) is 0 Å². The molecule has 1 amide bonds. The van der Waals surface area contributed by atoms with E-state index in [9.17, 15) is 13.2 Å². The van der Waals surface area contributed by atoms with Gasteiger partial charge in [0.2, 0.25) is 10.0 Å². The lowest BCUT2D eigenvalue weighted by atomic mass is 10.0. The van der Waals surface area contributed by atoms with Gasteiger partial charge in [0.25, 0.3) is 5.91 Å². The van der Waals surface area contributed by atoms with Crippen LogP contribution in [0.5, 0.6) is 0 Å². The fourth-order valence-corrected chi connectivity index (χ4v) is 5.70. The van der Waals surface area contributed by atoms with Crippen LogP contribution in [-0.2, 0) is 10.0 Å². The number of hydrogen-bond donors (Lipinski definition) is 0. The van der Waals surface area contributed by atoms with Gasteiger partial charge in [0.15, 0.2) is 5.76 Å². The van der Waals surface area contributed by atoms with Gasteiger partial charge < -0.3 is 9.42 Å². The predicted octanol–water partition coefficient (Wildman–Crippen LogP) is 3.56. The van der Waals surface area contributed by atoms with Crippen LogP contribution in [0.1, 0.15) is 41.6 Å². The first kappa shape index (κ1) is 21.1. The number of carbonyl (C=O) groups is 1. The Bertz CT molecular complexity index is 976. The minimum absolute atomic E-state index is 0.0178. The topological polar surface area (TPSA) is 83.7 Å². The Labute approximate surface area is 174 Å². The van der Waals surface area contributed by atoms with E-state index in [-0.39, 0.29) is 52.9 Å². The van der Waals surface area contributed by atoms with Gasteiger partial charge in [-0.2, -0.15) is 4.31 Å². The number of rotatable bonds is 4. The Morgan fingerprint density at radius 2 is 1.71 bits per heavy atom. The molecule has 1 aromatic carbocycles. The summed E-state index contributed by atoms with van der Waals surface area (Å²) in [6.45, 7) is 6.38. The maximum Gasteiger partial charge on any atom is 0.259 e. The van der Waals surface area contributed by atoms with Crippen molar-refractivity contribution in [3.05, 3.63) is 45.3 Å². The van der Waals surface area contributed by atoms with Crippen molar-refractivity contribution in [1.29, 1.82) is 0 Å². The number of aryl methyl sites for hydroxylation is 1. The Morgan fingerprint density at radius 1 is 1.14 bits per heavy atom. The smallest absolute Gasteiger partial charge is 0.259 e. The van der Waals surface area contributed by atoms with Gasteiger partial charge in [0.05, 0.1) is 15.7 Å². The minimum atomic E-state index is -3.86. The third-order valence-corrected chi connectivity index (χ3v) is 7.52. The van der Waals surface area contributed by atoms with Crippen LogP contribution < -0.4 is 0 Å². The van der Waals surface area contributed by atoms with E-state index in [2.05, 4.69) is 5.16 Å². The molecule has 2 heterocycles. The molecule has 1 aliphatic heterocycles. The molecule has 0 atom stereocenters. The van der Waals surface area contributed by atoms with Crippen molar-refractivity contribution in [3.8, 4) is 0 Å². The fraction of sp³-hybridized carbons (Fsp3) is 0.444. The number of sulfonamides is 1. The third kappa shape index (κ3) is 3.78. The van der Waals surface area contributed by atoms with Crippen LogP contribution in [-0.4, -0.2) is 54.9 Å². The first-order chi connectivity index (χ1) is 13.1. The zero-order valence-electron chi connectivity index (χ0n) is 15.8. The summed E-state index contributed by atoms with van der Waals surface area (Å²) in [5.41, 5.74) is 0.993. The molecule has 28 heavy (non-hydrogen) atoms. The van der Waals surface area contributed by atoms with Gasteiger partial charge in [-0.05, 0) is 19.1 Å². The van der Waals surface area contributed by atoms with Gasteiger partial charge in [0, 0.05) is 32.1 Å². The molecule has 0 spiro atoms. The number of nitrogens with zero attached hydrogens (tertiary/aromatic N) is 3. The molecule has 0 bridgehead atoms. The molecular formula is C18H21Cl2N3O4S. The summed E-state index contributed by atoms with van der Waals surface area (Å²) in [7, 11) is -3.86. The van der Waals surface area contributed by atoms with E-state index in [1.54, 1.807) is 17.9 Å². The van der Waals surface area contributed by atoms with Crippen molar-refractivity contribution in [3.63, 3.8) is 0 Å². The van der Waals surface area contributed by atoms with Crippen molar-refractivity contribution in [2.75, 3.05) is 26.2 Å². The van der Waals surface area contributed by atoms with Crippen LogP contribution in [0.4, 0.5) is 0 Å². The third-order valence-electron chi connectivity index (χ3n) is 4.67. The van der Waals surface area contributed by atoms with Crippen molar-refractivity contribution < 1.29 is 17.7 Å². The number of halogens is 2. The molecule has 1 aliphatic rings. The average molecular weight is 446 g/mol. The Kier molecular flexibility index (Phi) is 6.05. The van der Waals surface area contributed by atoms with Crippen molar-refractivity contribution >= 4 is 39.1 Å². The van der Waals surface area contributed by atoms with Gasteiger partial charge in [-0.25, -0.2) is 8.42 Å². The molecule has 1 aromatic heterocycles. The summed E-state index contributed by atoms with van der Waals surface area (Å²) in [5, 5.41) is 4.06. The lowest BCUT2D eigenvalue weighted by Crippen LogP contribution is -2.50. The summed E-state index contributed by atoms with van der Waals surface area (Å²) in [4.78, 5) is 14.5. The van der Waals surface area contributed by atoms with Crippen molar-refractivity contribution in [1.82, 2.24) is 14.4 Å². The van der Waals surface area contributed by atoms with Crippen molar-refractivity contribution in [2.24, 2.45) is 0 Å². The second kappa shape index (κ2) is 8.02. The summed E-state index contributed by atoms with van der Waals surface area (Å²) in [6, 6.07) is 4.57. The molecule has 10 heteroatoms. The summed E-state index contributed by atoms with van der Waals surface area (Å²) in [5.74, 6) is 0.361. The van der Waals surface area contributed by atoms with E-state index in [1.807, 2.05) is 13.8 Å². The largest absolute Gasteiger partial charge is 0.360 e. The van der Waals surface area contributed by atoms with Gasteiger partial charge in [-0.15, -0.1) is 0 Å². The maximum atomic E-state index is 13.0. The van der Waals surface area contributed by atoms with E-state index in [1.165, 1.54) is 16.4 Å². The zero-order valence-corrected chi connectivity index (χ0v) is 18.1. The molecule has 0 saturated carbocycles. The van der Waals surface area contributed by atoms with E-state index in [4.69, 9.17) is 27.7 Å². The van der Waals surface area contributed by atoms with Crippen LogP contribution in [0.2, 0.25) is 10.0 Å². The highest BCUT2D eigenvalue weighted by molar-refractivity contribution is 7.89. The highest BCUT2D eigenvalue weighted by atomic mass is 35.5. The number of piperazine rings is 1. The van der Waals surface area contributed by atoms with Gasteiger partial charge in [-0.1, -0.05) is 48.3 Å². The van der Waals surface area contributed by atoms with E-state index < -0.39 is 10.0 Å². The Hall–Kier alpha value is -1.61.